The van der Waals surface area contributed by atoms with Crippen LogP contribution in [0.3, 0.4) is 0 Å². The zero-order chi connectivity index (χ0) is 17.5. The van der Waals surface area contributed by atoms with Crippen LogP contribution in [0.25, 0.3) is 0 Å². The van der Waals surface area contributed by atoms with Crippen LogP contribution in [-0.4, -0.2) is 25.2 Å². The third-order valence-corrected chi connectivity index (χ3v) is 10.1. The van der Waals surface area contributed by atoms with Gasteiger partial charge in [-0.05, 0) is 25.7 Å². The van der Waals surface area contributed by atoms with Gasteiger partial charge in [0.25, 0.3) is 0 Å². The van der Waals surface area contributed by atoms with E-state index >= 15 is 0 Å². The molecule has 0 aliphatic carbocycles. The molecule has 0 rings (SSSR count). The summed E-state index contributed by atoms with van der Waals surface area (Å²) in [4.78, 5) is 2.23. The summed E-state index contributed by atoms with van der Waals surface area (Å²) < 4.78 is 0. The molecule has 0 radical (unpaired) electrons. The standard InChI is InChI=1S/C18H33Br4Cl/c1-2-3-8-11-15(19)17(21)14-18(22)16(20)12-9-6-4-5-7-10-13-23/h15-18H,2-14H2,1H3. The van der Waals surface area contributed by atoms with Crippen molar-refractivity contribution in [1.29, 1.82) is 0 Å². The van der Waals surface area contributed by atoms with E-state index in [1.807, 2.05) is 0 Å². The normalized spacial score (nSPS) is 17.0. The van der Waals surface area contributed by atoms with Crippen molar-refractivity contribution in [2.45, 2.75) is 103 Å². The SMILES string of the molecule is CCCCCC(Br)C(Br)CC(Br)C(Br)CCCCCCCCCl. The molecule has 0 aliphatic rings. The molecular formula is C18H33Br4Cl. The van der Waals surface area contributed by atoms with Crippen molar-refractivity contribution in [3.8, 4) is 0 Å². The molecule has 0 amide bonds. The maximum absolute atomic E-state index is 5.70. The molecule has 4 unspecified atom stereocenters. The fourth-order valence-corrected chi connectivity index (χ4v) is 5.71. The van der Waals surface area contributed by atoms with Crippen LogP contribution in [0, 0.1) is 0 Å². The summed E-state index contributed by atoms with van der Waals surface area (Å²) in [5.74, 6) is 0.815. The third kappa shape index (κ3) is 15.0. The van der Waals surface area contributed by atoms with Gasteiger partial charge in [-0.3, -0.25) is 0 Å². The first-order valence-corrected chi connectivity index (χ1v) is 13.3. The Kier molecular flexibility index (Phi) is 19.3. The van der Waals surface area contributed by atoms with E-state index in [1.54, 1.807) is 0 Å². The first kappa shape index (κ1) is 25.2. The second-order valence-electron chi connectivity index (χ2n) is 6.39. The van der Waals surface area contributed by atoms with Gasteiger partial charge in [-0.2, -0.15) is 0 Å². The van der Waals surface area contributed by atoms with E-state index in [-0.39, 0.29) is 0 Å². The van der Waals surface area contributed by atoms with E-state index in [0.29, 0.717) is 19.3 Å². The molecule has 0 fully saturated rings. The van der Waals surface area contributed by atoms with Gasteiger partial charge in [-0.1, -0.05) is 122 Å². The molecule has 0 spiro atoms. The summed E-state index contributed by atoms with van der Waals surface area (Å²) in [6.07, 6.45) is 15.5. The molecule has 0 bridgehead atoms. The van der Waals surface area contributed by atoms with Crippen molar-refractivity contribution in [3.05, 3.63) is 0 Å². The molecule has 0 N–H and O–H groups in total. The molecule has 0 aromatic rings. The molecule has 4 atom stereocenters. The quantitative estimate of drug-likeness (QED) is 0.122. The minimum Gasteiger partial charge on any atom is -0.127 e. The van der Waals surface area contributed by atoms with Gasteiger partial charge in [0.05, 0.1) is 0 Å². The number of unbranched alkanes of at least 4 members (excludes halogenated alkanes) is 7. The average Bonchev–Trinajstić information content (AvgIpc) is 2.53. The lowest BCUT2D eigenvalue weighted by Crippen LogP contribution is -2.23. The summed E-state index contributed by atoms with van der Waals surface area (Å²) in [6, 6.07) is 0. The molecule has 140 valence electrons. The molecule has 0 aromatic carbocycles. The van der Waals surface area contributed by atoms with E-state index < -0.39 is 0 Å². The van der Waals surface area contributed by atoms with Crippen LogP contribution in [-0.2, 0) is 0 Å². The van der Waals surface area contributed by atoms with Crippen molar-refractivity contribution in [2.75, 3.05) is 5.88 Å². The fourth-order valence-electron chi connectivity index (χ4n) is 2.60. The Bertz CT molecular complexity index is 253. The molecule has 23 heavy (non-hydrogen) atoms. The molecule has 0 aromatic heterocycles. The Morgan fingerprint density at radius 3 is 1.52 bits per heavy atom. The number of hydrogen-bond donors (Lipinski definition) is 0. The van der Waals surface area contributed by atoms with Gasteiger partial charge in [0, 0.05) is 25.2 Å². The van der Waals surface area contributed by atoms with Gasteiger partial charge >= 0.3 is 0 Å². The van der Waals surface area contributed by atoms with Crippen LogP contribution in [0.1, 0.15) is 84.0 Å². The lowest BCUT2D eigenvalue weighted by atomic mass is 10.0. The maximum Gasteiger partial charge on any atom is 0.0282 e. The Labute approximate surface area is 183 Å². The van der Waals surface area contributed by atoms with Crippen LogP contribution in [0.4, 0.5) is 0 Å². The monoisotopic (exact) mass is 600 g/mol. The summed E-state index contributed by atoms with van der Waals surface area (Å²) in [6.45, 7) is 2.26. The van der Waals surface area contributed by atoms with Gasteiger partial charge in [-0.15, -0.1) is 11.6 Å². The van der Waals surface area contributed by atoms with Crippen molar-refractivity contribution in [2.24, 2.45) is 0 Å². The van der Waals surface area contributed by atoms with E-state index in [1.165, 1.54) is 70.6 Å². The minimum absolute atomic E-state index is 0.536. The molecule has 0 nitrogen and oxygen atoms in total. The Hall–Kier alpha value is 2.21. The van der Waals surface area contributed by atoms with Gasteiger partial charge in [0.15, 0.2) is 0 Å². The summed E-state index contributed by atoms with van der Waals surface area (Å²) >= 11 is 21.2. The van der Waals surface area contributed by atoms with Crippen LogP contribution in [0.15, 0.2) is 0 Å². The first-order valence-electron chi connectivity index (χ1n) is 9.15. The third-order valence-electron chi connectivity index (χ3n) is 4.18. The van der Waals surface area contributed by atoms with Gasteiger partial charge in [0.1, 0.15) is 0 Å². The van der Waals surface area contributed by atoms with Gasteiger partial charge in [-0.25, -0.2) is 0 Å². The predicted molar refractivity (Wildman–Crippen MR) is 123 cm³/mol. The fraction of sp³-hybridized carbons (Fsp3) is 1.00. The van der Waals surface area contributed by atoms with Crippen molar-refractivity contribution in [3.63, 3.8) is 0 Å². The minimum atomic E-state index is 0.536. The van der Waals surface area contributed by atoms with Crippen LogP contribution < -0.4 is 0 Å². The van der Waals surface area contributed by atoms with E-state index in [0.717, 1.165) is 12.3 Å². The summed E-state index contributed by atoms with van der Waals surface area (Å²) in [7, 11) is 0. The molecule has 0 saturated carbocycles. The number of hydrogen-bond acceptors (Lipinski definition) is 0. The molecule has 0 heterocycles. The lowest BCUT2D eigenvalue weighted by Gasteiger charge is -2.23. The average molecular weight is 605 g/mol. The van der Waals surface area contributed by atoms with Crippen molar-refractivity contribution in [1.82, 2.24) is 0 Å². The smallest absolute Gasteiger partial charge is 0.0282 e. The predicted octanol–water partition coefficient (Wildman–Crippen LogP) is 8.98. The highest BCUT2D eigenvalue weighted by atomic mass is 79.9. The highest BCUT2D eigenvalue weighted by Gasteiger charge is 2.23. The van der Waals surface area contributed by atoms with E-state index in [2.05, 4.69) is 70.6 Å². The second-order valence-corrected chi connectivity index (χ2v) is 11.5. The maximum atomic E-state index is 5.70. The number of halogens is 5. The van der Waals surface area contributed by atoms with Gasteiger partial charge < -0.3 is 0 Å². The van der Waals surface area contributed by atoms with E-state index in [4.69, 9.17) is 11.6 Å². The summed E-state index contributed by atoms with van der Waals surface area (Å²) in [5.41, 5.74) is 0. The molecule has 5 heteroatoms. The molecule has 0 aliphatic heterocycles. The van der Waals surface area contributed by atoms with Crippen molar-refractivity contribution < 1.29 is 0 Å². The lowest BCUT2D eigenvalue weighted by molar-refractivity contribution is 0.564. The molecular weight excluding hydrogens is 571 g/mol. The Balaban J connectivity index is 3.72. The Morgan fingerprint density at radius 2 is 1.04 bits per heavy atom. The van der Waals surface area contributed by atoms with Crippen LogP contribution >= 0.6 is 75.3 Å². The van der Waals surface area contributed by atoms with Crippen LogP contribution in [0.2, 0.25) is 0 Å². The van der Waals surface area contributed by atoms with Crippen LogP contribution in [0.5, 0.6) is 0 Å². The topological polar surface area (TPSA) is 0 Å². The largest absolute Gasteiger partial charge is 0.127 e. The van der Waals surface area contributed by atoms with Crippen molar-refractivity contribution >= 4 is 75.3 Å². The zero-order valence-electron chi connectivity index (χ0n) is 14.4. The number of rotatable bonds is 16. The zero-order valence-corrected chi connectivity index (χ0v) is 21.5. The Morgan fingerprint density at radius 1 is 0.609 bits per heavy atom. The first-order chi connectivity index (χ1) is 11.0. The molecule has 0 saturated heterocycles. The highest BCUT2D eigenvalue weighted by Crippen LogP contribution is 2.31. The van der Waals surface area contributed by atoms with Gasteiger partial charge in [0.2, 0.25) is 0 Å². The van der Waals surface area contributed by atoms with E-state index in [9.17, 15) is 0 Å². The highest BCUT2D eigenvalue weighted by molar-refractivity contribution is 9.13. The summed E-state index contributed by atoms with van der Waals surface area (Å²) in [5, 5.41) is 0. The number of alkyl halides is 5. The second kappa shape index (κ2) is 17.6.